The van der Waals surface area contributed by atoms with Crippen molar-refractivity contribution in [1.82, 2.24) is 0 Å². The molecule has 0 aromatic rings. The van der Waals surface area contributed by atoms with Gasteiger partial charge in [-0.25, -0.2) is 4.79 Å². The minimum absolute atomic E-state index is 0.0297. The van der Waals surface area contributed by atoms with Crippen molar-refractivity contribution in [3.63, 3.8) is 0 Å². The normalized spacial score (nSPS) is 29.3. The minimum Gasteiger partial charge on any atom is -0.456 e. The third-order valence-corrected chi connectivity index (χ3v) is 2.61. The molecule has 70 valence electrons. The van der Waals surface area contributed by atoms with Crippen molar-refractivity contribution in [2.75, 3.05) is 12.4 Å². The summed E-state index contributed by atoms with van der Waals surface area (Å²) in [6.07, 6.45) is 0.449. The summed E-state index contributed by atoms with van der Waals surface area (Å²) in [6, 6.07) is 0. The fraction of sp³-hybridized carbons (Fsp3) is 0.500. The van der Waals surface area contributed by atoms with E-state index in [-0.39, 0.29) is 12.4 Å². The second kappa shape index (κ2) is 3.44. The van der Waals surface area contributed by atoms with Crippen LogP contribution in [0.25, 0.3) is 0 Å². The van der Waals surface area contributed by atoms with Crippen LogP contribution in [-0.4, -0.2) is 33.5 Å². The highest BCUT2D eigenvalue weighted by Crippen LogP contribution is 2.45. The summed E-state index contributed by atoms with van der Waals surface area (Å²) in [5.41, 5.74) is 0. The molecule has 0 spiro atoms. The molecule has 0 bridgehead atoms. The summed E-state index contributed by atoms with van der Waals surface area (Å²) < 4.78 is 27.2. The van der Waals surface area contributed by atoms with Gasteiger partial charge in [0, 0.05) is 6.08 Å². The van der Waals surface area contributed by atoms with Gasteiger partial charge in [-0.15, -0.1) is 0 Å². The lowest BCUT2D eigenvalue weighted by Crippen LogP contribution is -2.19. The van der Waals surface area contributed by atoms with Gasteiger partial charge in [-0.05, 0) is 0 Å². The van der Waals surface area contributed by atoms with Crippen molar-refractivity contribution >= 4 is 16.8 Å². The molecule has 1 atom stereocenters. The minimum atomic E-state index is -2.96. The smallest absolute Gasteiger partial charge is 0.330 e. The summed E-state index contributed by atoms with van der Waals surface area (Å²) >= 11 is 0. The van der Waals surface area contributed by atoms with E-state index in [0.717, 1.165) is 6.08 Å². The first-order valence-electron chi connectivity index (χ1n) is 3.27. The van der Waals surface area contributed by atoms with E-state index < -0.39 is 22.9 Å². The maximum Gasteiger partial charge on any atom is 0.330 e. The molecule has 1 fully saturated rings. The van der Waals surface area contributed by atoms with Gasteiger partial charge in [-0.2, -0.15) is 0 Å². The van der Waals surface area contributed by atoms with Crippen LogP contribution in [0.2, 0.25) is 0 Å². The first-order valence-corrected chi connectivity index (χ1v) is 4.91. The maximum atomic E-state index is 10.6. The first kappa shape index (κ1) is 9.53. The molecule has 0 amide bonds. The standard InChI is InChI=1S/C6H10O5S/c1-2-6(7)11-5-3-10-12(8,9)4-5/h2,5,8-9H,1,3-4H2. The van der Waals surface area contributed by atoms with Crippen LogP contribution in [0.4, 0.5) is 0 Å². The van der Waals surface area contributed by atoms with Gasteiger partial charge in [0.15, 0.2) is 0 Å². The average molecular weight is 194 g/mol. The molecule has 12 heavy (non-hydrogen) atoms. The van der Waals surface area contributed by atoms with Gasteiger partial charge < -0.3 is 13.8 Å². The molecular weight excluding hydrogens is 184 g/mol. The lowest BCUT2D eigenvalue weighted by Gasteiger charge is -2.17. The fourth-order valence-electron chi connectivity index (χ4n) is 0.804. The van der Waals surface area contributed by atoms with E-state index in [1.165, 1.54) is 0 Å². The zero-order chi connectivity index (χ0) is 9.19. The molecule has 1 saturated heterocycles. The summed E-state index contributed by atoms with van der Waals surface area (Å²) in [5, 5.41) is 0. The number of ether oxygens (including phenoxy) is 1. The molecule has 2 N–H and O–H groups in total. The summed E-state index contributed by atoms with van der Waals surface area (Å²) in [4.78, 5) is 10.6. The summed E-state index contributed by atoms with van der Waals surface area (Å²) in [7, 11) is -2.96. The van der Waals surface area contributed by atoms with Gasteiger partial charge in [-0.3, -0.25) is 4.18 Å². The van der Waals surface area contributed by atoms with E-state index >= 15 is 0 Å². The van der Waals surface area contributed by atoms with E-state index in [1.54, 1.807) is 0 Å². The number of hydrogen-bond donors (Lipinski definition) is 2. The number of esters is 1. The third-order valence-electron chi connectivity index (χ3n) is 1.30. The average Bonchev–Trinajstić information content (AvgIpc) is 2.30. The Kier molecular flexibility index (Phi) is 2.73. The van der Waals surface area contributed by atoms with Crippen LogP contribution in [0.15, 0.2) is 12.7 Å². The molecule has 1 unspecified atom stereocenters. The van der Waals surface area contributed by atoms with Crippen molar-refractivity contribution in [2.45, 2.75) is 6.10 Å². The molecule has 0 aromatic heterocycles. The Morgan fingerprint density at radius 1 is 1.75 bits per heavy atom. The maximum absolute atomic E-state index is 10.6. The van der Waals surface area contributed by atoms with Crippen molar-refractivity contribution in [2.24, 2.45) is 0 Å². The van der Waals surface area contributed by atoms with Crippen molar-refractivity contribution in [3.8, 4) is 0 Å². The predicted octanol–water partition coefficient (Wildman–Crippen LogP) is 0.780. The molecule has 5 nitrogen and oxygen atoms in total. The van der Waals surface area contributed by atoms with Crippen LogP contribution in [0.3, 0.4) is 0 Å². The van der Waals surface area contributed by atoms with Gasteiger partial charge in [0.1, 0.15) is 12.7 Å². The molecule has 1 heterocycles. The topological polar surface area (TPSA) is 76.0 Å². The Morgan fingerprint density at radius 2 is 2.42 bits per heavy atom. The van der Waals surface area contributed by atoms with Gasteiger partial charge >= 0.3 is 5.97 Å². The second-order valence-electron chi connectivity index (χ2n) is 2.32. The molecule has 0 saturated carbocycles. The highest BCUT2D eigenvalue weighted by atomic mass is 32.3. The van der Waals surface area contributed by atoms with Gasteiger partial charge in [-0.1, -0.05) is 6.58 Å². The van der Waals surface area contributed by atoms with Crippen LogP contribution in [0, 0.1) is 0 Å². The van der Waals surface area contributed by atoms with Crippen LogP contribution < -0.4 is 0 Å². The summed E-state index contributed by atoms with van der Waals surface area (Å²) in [6.45, 7) is 3.24. The molecule has 1 aliphatic rings. The largest absolute Gasteiger partial charge is 0.456 e. The van der Waals surface area contributed by atoms with Crippen LogP contribution in [0.1, 0.15) is 0 Å². The molecule has 1 aliphatic heterocycles. The Hall–Kier alpha value is -0.560. The molecule has 0 aromatic carbocycles. The van der Waals surface area contributed by atoms with E-state index in [1.807, 2.05) is 0 Å². The number of carbonyl (C=O) groups is 1. The lowest BCUT2D eigenvalue weighted by molar-refractivity contribution is -0.142. The number of rotatable bonds is 2. The van der Waals surface area contributed by atoms with Crippen molar-refractivity contribution in [3.05, 3.63) is 12.7 Å². The number of hydrogen-bond acceptors (Lipinski definition) is 5. The second-order valence-corrected chi connectivity index (χ2v) is 4.10. The monoisotopic (exact) mass is 194 g/mol. The first-order chi connectivity index (χ1) is 5.53. The van der Waals surface area contributed by atoms with E-state index in [0.29, 0.717) is 0 Å². The molecule has 0 aliphatic carbocycles. The highest BCUT2D eigenvalue weighted by Gasteiger charge is 2.34. The van der Waals surface area contributed by atoms with Gasteiger partial charge in [0.05, 0.1) is 16.6 Å². The Bertz CT molecular complexity index is 202. The lowest BCUT2D eigenvalue weighted by atomic mass is 10.4. The van der Waals surface area contributed by atoms with Gasteiger partial charge in [0.25, 0.3) is 0 Å². The van der Waals surface area contributed by atoms with Crippen LogP contribution in [-0.2, 0) is 13.7 Å². The predicted molar refractivity (Wildman–Crippen MR) is 43.7 cm³/mol. The van der Waals surface area contributed by atoms with E-state index in [9.17, 15) is 4.79 Å². The van der Waals surface area contributed by atoms with Crippen LogP contribution >= 0.6 is 10.9 Å². The molecule has 1 rings (SSSR count). The zero-order valence-corrected chi connectivity index (χ0v) is 7.12. The SMILES string of the molecule is C=CC(=O)OC1COS(O)(O)C1. The Labute approximate surface area is 71.5 Å². The quantitative estimate of drug-likeness (QED) is 0.502. The molecule has 6 heteroatoms. The summed E-state index contributed by atoms with van der Waals surface area (Å²) in [5.74, 6) is -0.632. The van der Waals surface area contributed by atoms with E-state index in [2.05, 4.69) is 10.8 Å². The highest BCUT2D eigenvalue weighted by molar-refractivity contribution is 8.20. The molecular formula is C6H10O5S. The number of carbonyl (C=O) groups excluding carboxylic acids is 1. The zero-order valence-electron chi connectivity index (χ0n) is 6.30. The Balaban J connectivity index is 2.38. The van der Waals surface area contributed by atoms with Gasteiger partial charge in [0.2, 0.25) is 0 Å². The van der Waals surface area contributed by atoms with E-state index in [4.69, 9.17) is 13.8 Å². The third kappa shape index (κ3) is 2.49. The fourth-order valence-corrected chi connectivity index (χ4v) is 1.92. The van der Waals surface area contributed by atoms with Crippen molar-refractivity contribution < 1.29 is 22.8 Å². The Morgan fingerprint density at radius 3 is 2.83 bits per heavy atom. The molecule has 0 radical (unpaired) electrons. The van der Waals surface area contributed by atoms with Crippen LogP contribution in [0.5, 0.6) is 0 Å². The van der Waals surface area contributed by atoms with Crippen molar-refractivity contribution in [1.29, 1.82) is 0 Å².